The molecule has 0 radical (unpaired) electrons. The van der Waals surface area contributed by atoms with E-state index >= 15 is 0 Å². The van der Waals surface area contributed by atoms with Gasteiger partial charge in [0.15, 0.2) is 5.78 Å². The van der Waals surface area contributed by atoms with Crippen LogP contribution in [0.3, 0.4) is 0 Å². The van der Waals surface area contributed by atoms with Gasteiger partial charge >= 0.3 is 0 Å². The van der Waals surface area contributed by atoms with Gasteiger partial charge in [0, 0.05) is 49.5 Å². The molecule has 3 aliphatic rings. The highest BCUT2D eigenvalue weighted by atomic mass is 32.2. The summed E-state index contributed by atoms with van der Waals surface area (Å²) in [5.41, 5.74) is 1.85. The van der Waals surface area contributed by atoms with Crippen LogP contribution in [-0.4, -0.2) is 69.8 Å². The maximum absolute atomic E-state index is 13.0. The monoisotopic (exact) mass is 501 g/mol. The number of nitrogens with zero attached hydrogens (tertiary/aromatic N) is 3. The minimum atomic E-state index is 0.0860. The number of ketones is 1. The third-order valence-electron chi connectivity index (χ3n) is 7.74. The molecule has 186 valence electrons. The molecule has 2 saturated carbocycles. The first kappa shape index (κ1) is 25.5. The molecule has 1 aliphatic heterocycles. The van der Waals surface area contributed by atoms with E-state index in [9.17, 15) is 9.59 Å². The molecular weight excluding hydrogens is 462 g/mol. The van der Waals surface area contributed by atoms with E-state index in [1.165, 1.54) is 64.2 Å². The van der Waals surface area contributed by atoms with Crippen LogP contribution in [0.25, 0.3) is 0 Å². The van der Waals surface area contributed by atoms with Crippen molar-refractivity contribution in [2.75, 3.05) is 36.8 Å². The minimum absolute atomic E-state index is 0.0860. The lowest BCUT2D eigenvalue weighted by molar-refractivity contribution is -0.128. The molecule has 0 aromatic heterocycles. The number of benzene rings is 1. The van der Waals surface area contributed by atoms with E-state index in [4.69, 9.17) is 12.2 Å². The molecule has 4 rings (SSSR count). The summed E-state index contributed by atoms with van der Waals surface area (Å²) in [5, 5.41) is 0. The molecule has 0 N–H and O–H groups in total. The van der Waals surface area contributed by atoms with Crippen LogP contribution in [0.1, 0.15) is 81.5 Å². The molecule has 0 bridgehead atoms. The maximum atomic E-state index is 13.0. The topological polar surface area (TPSA) is 43.9 Å². The number of hydrogen-bond donors (Lipinski definition) is 0. The normalized spacial score (nSPS) is 20.3. The quantitative estimate of drug-likeness (QED) is 0.378. The second kappa shape index (κ2) is 12.4. The summed E-state index contributed by atoms with van der Waals surface area (Å²) < 4.78 is 0.955. The van der Waals surface area contributed by atoms with Gasteiger partial charge in [-0.25, -0.2) is 0 Å². The Morgan fingerprint density at radius 1 is 0.882 bits per heavy atom. The van der Waals surface area contributed by atoms with Gasteiger partial charge in [-0.2, -0.15) is 0 Å². The van der Waals surface area contributed by atoms with Gasteiger partial charge < -0.3 is 14.7 Å². The van der Waals surface area contributed by atoms with Crippen LogP contribution in [0.4, 0.5) is 5.69 Å². The molecule has 7 heteroatoms. The Morgan fingerprint density at radius 2 is 1.41 bits per heavy atom. The first-order valence-electron chi connectivity index (χ1n) is 13.1. The smallest absolute Gasteiger partial charge is 0.233 e. The number of hydrogen-bond acceptors (Lipinski definition) is 5. The second-order valence-electron chi connectivity index (χ2n) is 10.0. The highest BCUT2D eigenvalue weighted by Crippen LogP contribution is 2.32. The van der Waals surface area contributed by atoms with E-state index in [1.54, 1.807) is 18.7 Å². The molecule has 1 amide bonds. The van der Waals surface area contributed by atoms with Gasteiger partial charge in [0.25, 0.3) is 0 Å². The first-order valence-corrected chi connectivity index (χ1v) is 14.5. The van der Waals surface area contributed by atoms with E-state index in [0.717, 1.165) is 41.8 Å². The summed E-state index contributed by atoms with van der Waals surface area (Å²) in [6, 6.07) is 8.94. The van der Waals surface area contributed by atoms with Gasteiger partial charge in [0.1, 0.15) is 4.32 Å². The first-order chi connectivity index (χ1) is 16.5. The highest BCUT2D eigenvalue weighted by molar-refractivity contribution is 8.23. The SMILES string of the molecule is CC(=O)c1ccc(N2CCN(C(=O)CSC(=S)N(C3CCCCC3)C3CCCCC3)CC2)cc1. The summed E-state index contributed by atoms with van der Waals surface area (Å²) >= 11 is 7.55. The Kier molecular flexibility index (Phi) is 9.29. The lowest BCUT2D eigenvalue weighted by Gasteiger charge is -2.43. The number of thioether (sulfide) groups is 1. The molecule has 1 aromatic rings. The fourth-order valence-electron chi connectivity index (χ4n) is 5.73. The van der Waals surface area contributed by atoms with E-state index in [1.807, 2.05) is 29.2 Å². The van der Waals surface area contributed by atoms with Crippen LogP contribution in [-0.2, 0) is 4.79 Å². The average molecular weight is 502 g/mol. The van der Waals surface area contributed by atoms with E-state index in [2.05, 4.69) is 9.80 Å². The Labute approximate surface area is 214 Å². The van der Waals surface area contributed by atoms with Crippen molar-refractivity contribution in [3.63, 3.8) is 0 Å². The molecule has 2 aliphatic carbocycles. The number of anilines is 1. The lowest BCUT2D eigenvalue weighted by atomic mass is 9.89. The number of amides is 1. The van der Waals surface area contributed by atoms with Gasteiger partial charge in [-0.15, -0.1) is 0 Å². The van der Waals surface area contributed by atoms with Crippen molar-refractivity contribution in [1.29, 1.82) is 0 Å². The van der Waals surface area contributed by atoms with Crippen molar-refractivity contribution in [2.24, 2.45) is 0 Å². The fourth-order valence-corrected chi connectivity index (χ4v) is 7.08. The molecular formula is C27H39N3O2S2. The highest BCUT2D eigenvalue weighted by Gasteiger charge is 2.31. The Morgan fingerprint density at radius 3 is 1.91 bits per heavy atom. The molecule has 5 nitrogen and oxygen atoms in total. The van der Waals surface area contributed by atoms with Crippen LogP contribution in [0.2, 0.25) is 0 Å². The molecule has 34 heavy (non-hydrogen) atoms. The fraction of sp³-hybridized carbons (Fsp3) is 0.667. The van der Waals surface area contributed by atoms with Crippen molar-refractivity contribution >= 4 is 45.7 Å². The van der Waals surface area contributed by atoms with Crippen molar-refractivity contribution in [1.82, 2.24) is 9.80 Å². The lowest BCUT2D eigenvalue weighted by Crippen LogP contribution is -2.50. The van der Waals surface area contributed by atoms with Crippen LogP contribution < -0.4 is 4.90 Å². The van der Waals surface area contributed by atoms with Crippen LogP contribution in [0.5, 0.6) is 0 Å². The predicted octanol–water partition coefficient (Wildman–Crippen LogP) is 5.52. The van der Waals surface area contributed by atoms with Crippen LogP contribution in [0.15, 0.2) is 24.3 Å². The Balaban J connectivity index is 1.27. The van der Waals surface area contributed by atoms with Gasteiger partial charge in [0.2, 0.25) is 5.91 Å². The van der Waals surface area contributed by atoms with Gasteiger partial charge in [0.05, 0.1) is 5.75 Å². The van der Waals surface area contributed by atoms with Crippen LogP contribution in [0, 0.1) is 0 Å². The van der Waals surface area contributed by atoms with Crippen LogP contribution >= 0.6 is 24.0 Å². The van der Waals surface area contributed by atoms with Gasteiger partial charge in [-0.05, 0) is 56.9 Å². The predicted molar refractivity (Wildman–Crippen MR) is 146 cm³/mol. The zero-order valence-corrected chi connectivity index (χ0v) is 22.2. The Hall–Kier alpha value is -1.60. The molecule has 3 fully saturated rings. The van der Waals surface area contributed by atoms with Crippen molar-refractivity contribution < 1.29 is 9.59 Å². The third kappa shape index (κ3) is 6.54. The van der Waals surface area contributed by atoms with Gasteiger partial charge in [-0.1, -0.05) is 62.5 Å². The zero-order valence-electron chi connectivity index (χ0n) is 20.5. The molecule has 1 heterocycles. The number of Topliss-reactive ketones (excluding diaryl/α,β-unsaturated/α-hetero) is 1. The molecule has 0 spiro atoms. The maximum Gasteiger partial charge on any atom is 0.233 e. The summed E-state index contributed by atoms with van der Waals surface area (Å²) in [5.74, 6) is 0.733. The molecule has 0 unspecified atom stereocenters. The molecule has 1 saturated heterocycles. The second-order valence-corrected chi connectivity index (χ2v) is 11.6. The average Bonchev–Trinajstić information content (AvgIpc) is 2.89. The Bertz CT molecular complexity index is 822. The largest absolute Gasteiger partial charge is 0.368 e. The number of rotatable bonds is 6. The summed E-state index contributed by atoms with van der Waals surface area (Å²) in [7, 11) is 0. The zero-order chi connectivity index (χ0) is 23.9. The van der Waals surface area contributed by atoms with Crippen molar-refractivity contribution in [3.8, 4) is 0 Å². The number of carbonyl (C=O) groups excluding carboxylic acids is 2. The minimum Gasteiger partial charge on any atom is -0.368 e. The van der Waals surface area contributed by atoms with E-state index in [-0.39, 0.29) is 11.7 Å². The number of carbonyl (C=O) groups is 2. The molecule has 0 atom stereocenters. The number of piperazine rings is 1. The summed E-state index contributed by atoms with van der Waals surface area (Å²) in [4.78, 5) is 31.4. The van der Waals surface area contributed by atoms with E-state index < -0.39 is 0 Å². The third-order valence-corrected chi connectivity index (χ3v) is 9.15. The van der Waals surface area contributed by atoms with Crippen molar-refractivity contribution in [2.45, 2.75) is 83.2 Å². The summed E-state index contributed by atoms with van der Waals surface area (Å²) in [6.45, 7) is 4.69. The van der Waals surface area contributed by atoms with Crippen molar-refractivity contribution in [3.05, 3.63) is 29.8 Å². The number of thiocarbonyl (C=S) groups is 1. The van der Waals surface area contributed by atoms with E-state index in [0.29, 0.717) is 17.8 Å². The molecule has 1 aromatic carbocycles. The standard InChI is InChI=1S/C27H39N3O2S2/c1-21(31)22-12-14-23(15-13-22)28-16-18-29(19-17-28)26(32)20-34-27(33)30(24-8-4-2-5-9-24)25-10-6-3-7-11-25/h12-15,24-25H,2-11,16-20H2,1H3. The van der Waals surface area contributed by atoms with Gasteiger partial charge in [-0.3, -0.25) is 9.59 Å². The summed E-state index contributed by atoms with van der Waals surface area (Å²) in [6.07, 6.45) is 12.9.